The molecule has 0 unspecified atom stereocenters. The standard InChI is InChI=1S/2C20H23N4O3S.2H3N/c2*25-20(23-28(26)18-12-21-24-8-10-27-9-7-17(18)24)22-19-15-5-1-3-13(15)11-14-4-2-6-16(14)19;;/h2*11-12H,1-10H2,(H,22,25);2*1H3/q2*-1;;. The Bertz CT molecular complexity index is 2180. The van der Waals surface area contributed by atoms with Crippen molar-refractivity contribution in [3.63, 3.8) is 0 Å². The smallest absolute Gasteiger partial charge is 0.322 e. The van der Waals surface area contributed by atoms with Gasteiger partial charge in [-0.05, 0) is 122 Å². The van der Waals surface area contributed by atoms with Gasteiger partial charge in [0.2, 0.25) is 0 Å². The van der Waals surface area contributed by atoms with Gasteiger partial charge < -0.3 is 49.6 Å². The van der Waals surface area contributed by atoms with Gasteiger partial charge in [-0.25, -0.2) is 9.59 Å². The maximum absolute atomic E-state index is 12.7. The Morgan fingerprint density at radius 1 is 0.552 bits per heavy atom. The Balaban J connectivity index is 0.000000171. The molecule has 0 fully saturated rings. The molecule has 8 N–H and O–H groups in total. The Morgan fingerprint density at radius 3 is 1.28 bits per heavy atom. The lowest BCUT2D eigenvalue weighted by Crippen LogP contribution is -2.11. The molecule has 0 saturated heterocycles. The first-order valence-corrected chi connectivity index (χ1v) is 22.1. The summed E-state index contributed by atoms with van der Waals surface area (Å²) in [6.07, 6.45) is 17.1. The van der Waals surface area contributed by atoms with Crippen LogP contribution in [-0.2, 0) is 116 Å². The van der Waals surface area contributed by atoms with Gasteiger partial charge in [-0.2, -0.15) is 10.2 Å². The monoisotopic (exact) mass is 832 g/mol. The maximum atomic E-state index is 12.7. The molecule has 0 saturated carbocycles. The SMILES string of the molecule is N.N.O=C(N=[S-](=O)c1cnn2c1CCOCC2)Nc1c2c(cc3c1CCC3)CCC2.O=C(N=[S-](=O)c1cnn2c1CCOCC2)Nc1c2c(cc3c1CCC3)CCC2. The number of benzene rings is 2. The van der Waals surface area contributed by atoms with Crippen LogP contribution in [0.5, 0.6) is 0 Å². The molecule has 6 aliphatic rings. The van der Waals surface area contributed by atoms with Gasteiger partial charge in [-0.1, -0.05) is 21.9 Å². The van der Waals surface area contributed by atoms with Crippen LogP contribution >= 0.6 is 0 Å². The molecular formula is C40H52N10O6S2-2. The molecule has 10 rings (SSSR count). The number of aryl methyl sites for hydroxylation is 4. The summed E-state index contributed by atoms with van der Waals surface area (Å²) in [4.78, 5) is 26.3. The average molecular weight is 833 g/mol. The maximum Gasteiger partial charge on any atom is 0.322 e. The van der Waals surface area contributed by atoms with Gasteiger partial charge in [0, 0.05) is 48.0 Å². The fourth-order valence-corrected chi connectivity index (χ4v) is 10.9. The van der Waals surface area contributed by atoms with Crippen molar-refractivity contribution in [2.45, 2.75) is 113 Å². The molecule has 4 heterocycles. The minimum atomic E-state index is -1.78. The summed E-state index contributed by atoms with van der Waals surface area (Å²) < 4.78 is 47.8. The van der Waals surface area contributed by atoms with Crippen LogP contribution in [0.25, 0.3) is 0 Å². The first-order valence-electron chi connectivity index (χ1n) is 19.9. The van der Waals surface area contributed by atoms with E-state index in [1.54, 1.807) is 21.8 Å². The topological polar surface area (TPSA) is 241 Å². The average Bonchev–Trinajstić information content (AvgIpc) is 4.05. The number of carbonyl (C=O) groups is 2. The van der Waals surface area contributed by atoms with Crippen molar-refractivity contribution in [2.75, 3.05) is 37.1 Å². The lowest BCUT2D eigenvalue weighted by atomic mass is 9.99. The van der Waals surface area contributed by atoms with Crippen LogP contribution in [0.3, 0.4) is 0 Å². The van der Waals surface area contributed by atoms with Gasteiger partial charge >= 0.3 is 12.1 Å². The quantitative estimate of drug-likeness (QED) is 0.159. The van der Waals surface area contributed by atoms with Crippen LogP contribution in [0.1, 0.15) is 81.6 Å². The highest BCUT2D eigenvalue weighted by Crippen LogP contribution is 2.40. The highest BCUT2D eigenvalue weighted by atomic mass is 32.2. The number of nitrogens with one attached hydrogen (secondary N) is 2. The largest absolute Gasteiger partial charge is 0.439 e. The van der Waals surface area contributed by atoms with E-state index in [4.69, 9.17) is 9.47 Å². The van der Waals surface area contributed by atoms with Crippen molar-refractivity contribution < 1.29 is 27.5 Å². The number of carbonyl (C=O) groups excluding carboxylic acids is 2. The number of anilines is 2. The van der Waals surface area contributed by atoms with Gasteiger partial charge in [0.05, 0.1) is 39.5 Å². The van der Waals surface area contributed by atoms with E-state index in [0.29, 0.717) is 62.1 Å². The second-order valence-electron chi connectivity index (χ2n) is 15.1. The Hall–Kier alpha value is -4.46. The van der Waals surface area contributed by atoms with E-state index in [1.807, 2.05) is 0 Å². The van der Waals surface area contributed by atoms with E-state index >= 15 is 0 Å². The molecule has 0 bridgehead atoms. The highest BCUT2D eigenvalue weighted by molar-refractivity contribution is 7.75. The lowest BCUT2D eigenvalue weighted by Gasteiger charge is -2.16. The Kier molecular flexibility index (Phi) is 13.1. The van der Waals surface area contributed by atoms with E-state index in [0.717, 1.165) is 99.8 Å². The van der Waals surface area contributed by atoms with Gasteiger partial charge in [0.1, 0.15) is 0 Å². The van der Waals surface area contributed by atoms with E-state index in [2.05, 4.69) is 41.7 Å². The second-order valence-corrected chi connectivity index (χ2v) is 17.3. The minimum absolute atomic E-state index is 0. The van der Waals surface area contributed by atoms with E-state index in [1.165, 1.54) is 44.5 Å². The van der Waals surface area contributed by atoms with E-state index < -0.39 is 33.3 Å². The molecule has 0 atom stereocenters. The number of hydrogen-bond acceptors (Lipinski definition) is 12. The summed E-state index contributed by atoms with van der Waals surface area (Å²) in [6.45, 7) is 3.54. The molecule has 58 heavy (non-hydrogen) atoms. The second kappa shape index (κ2) is 18.2. The fraction of sp³-hybridized carbons (Fsp3) is 0.500. The van der Waals surface area contributed by atoms with Crippen molar-refractivity contribution in [1.29, 1.82) is 0 Å². The van der Waals surface area contributed by atoms with Crippen LogP contribution in [0.2, 0.25) is 0 Å². The molecule has 2 aromatic carbocycles. The number of fused-ring (bicyclic) bond motifs is 6. The third kappa shape index (κ3) is 8.35. The molecular weight excluding hydrogens is 781 g/mol. The van der Waals surface area contributed by atoms with Crippen molar-refractivity contribution in [2.24, 2.45) is 8.73 Å². The summed E-state index contributed by atoms with van der Waals surface area (Å²) in [6, 6.07) is 3.55. The number of amides is 4. The minimum Gasteiger partial charge on any atom is -0.439 e. The van der Waals surface area contributed by atoms with Crippen molar-refractivity contribution in [3.05, 3.63) is 80.4 Å². The Morgan fingerprint density at radius 2 is 0.914 bits per heavy atom. The molecule has 4 amide bonds. The van der Waals surface area contributed by atoms with Crippen LogP contribution in [0.15, 0.2) is 43.0 Å². The predicted octanol–water partition coefficient (Wildman–Crippen LogP) is 6.67. The molecule has 0 radical (unpaired) electrons. The summed E-state index contributed by atoms with van der Waals surface area (Å²) in [5.41, 5.74) is 13.9. The van der Waals surface area contributed by atoms with Crippen LogP contribution in [0, 0.1) is 0 Å². The van der Waals surface area contributed by atoms with Crippen molar-refractivity contribution in [1.82, 2.24) is 31.9 Å². The number of ether oxygens (including phenoxy) is 2. The van der Waals surface area contributed by atoms with E-state index in [-0.39, 0.29) is 12.3 Å². The third-order valence-corrected chi connectivity index (χ3v) is 13.9. The fourth-order valence-electron chi connectivity index (χ4n) is 9.26. The van der Waals surface area contributed by atoms with Crippen LogP contribution in [0.4, 0.5) is 21.0 Å². The molecule has 2 aromatic heterocycles. The number of urea groups is 2. The number of aromatic nitrogens is 4. The molecule has 312 valence electrons. The van der Waals surface area contributed by atoms with Gasteiger partial charge in [0.15, 0.2) is 0 Å². The molecule has 0 spiro atoms. The number of nitrogens with zero attached hydrogens (tertiary/aromatic N) is 6. The molecule has 18 heteroatoms. The summed E-state index contributed by atoms with van der Waals surface area (Å²) in [7, 11) is -3.55. The number of rotatable bonds is 4. The number of hydrogen-bond donors (Lipinski definition) is 4. The Labute approximate surface area is 341 Å². The highest BCUT2D eigenvalue weighted by Gasteiger charge is 2.26. The van der Waals surface area contributed by atoms with Gasteiger partial charge in [-0.3, -0.25) is 9.36 Å². The summed E-state index contributed by atoms with van der Waals surface area (Å²) >= 11 is 0. The zero-order chi connectivity index (χ0) is 38.2. The summed E-state index contributed by atoms with van der Waals surface area (Å²) in [5.74, 6) is 0. The van der Waals surface area contributed by atoms with Crippen LogP contribution < -0.4 is 22.9 Å². The zero-order valence-corrected chi connectivity index (χ0v) is 34.4. The van der Waals surface area contributed by atoms with Crippen LogP contribution in [-0.4, -0.2) is 58.1 Å². The first-order chi connectivity index (χ1) is 27.4. The van der Waals surface area contributed by atoms with Crippen molar-refractivity contribution in [3.8, 4) is 0 Å². The van der Waals surface area contributed by atoms with E-state index in [9.17, 15) is 18.0 Å². The first kappa shape index (κ1) is 41.7. The van der Waals surface area contributed by atoms with Gasteiger partial charge in [-0.15, -0.1) is 21.2 Å². The molecule has 4 aliphatic carbocycles. The summed E-state index contributed by atoms with van der Waals surface area (Å²) in [5, 5.41) is 14.5. The molecule has 2 aliphatic heterocycles. The van der Waals surface area contributed by atoms with Crippen molar-refractivity contribution >= 4 is 44.6 Å². The lowest BCUT2D eigenvalue weighted by molar-refractivity contribution is 0.138. The normalized spacial score (nSPS) is 18.3. The molecule has 4 aromatic rings. The van der Waals surface area contributed by atoms with Gasteiger partial charge in [0.25, 0.3) is 0 Å². The zero-order valence-electron chi connectivity index (χ0n) is 32.8. The molecule has 16 nitrogen and oxygen atoms in total. The third-order valence-electron chi connectivity index (χ3n) is 11.8. The predicted molar refractivity (Wildman–Crippen MR) is 220 cm³/mol.